The Hall–Kier alpha value is -2.30. The molecule has 5 heteroatoms. The van der Waals surface area contributed by atoms with E-state index in [9.17, 15) is 10.5 Å². The maximum absolute atomic E-state index is 9.32. The summed E-state index contributed by atoms with van der Waals surface area (Å²) in [5.74, 6) is -0.374. The molecule has 0 radical (unpaired) electrons. The summed E-state index contributed by atoms with van der Waals surface area (Å²) in [7, 11) is 0. The number of dihydropyridines is 1. The summed E-state index contributed by atoms with van der Waals surface area (Å²) < 4.78 is 0. The first kappa shape index (κ1) is 13.1. The average molecular weight is 271 g/mol. The van der Waals surface area contributed by atoms with Gasteiger partial charge in [0.15, 0.2) is 0 Å². The van der Waals surface area contributed by atoms with Crippen LogP contribution in [0.25, 0.3) is 0 Å². The van der Waals surface area contributed by atoms with Gasteiger partial charge in [-0.2, -0.15) is 10.5 Å². The van der Waals surface area contributed by atoms with E-state index in [2.05, 4.69) is 22.4 Å². The lowest BCUT2D eigenvalue weighted by Crippen LogP contribution is -2.23. The van der Waals surface area contributed by atoms with Crippen molar-refractivity contribution in [1.29, 1.82) is 10.5 Å². The number of pyridine rings is 1. The molecular formula is C14H11ClN4. The average Bonchev–Trinajstić information content (AvgIpc) is 2.39. The van der Waals surface area contributed by atoms with Crippen molar-refractivity contribution in [2.24, 2.45) is 0 Å². The molecule has 0 amide bonds. The van der Waals surface area contributed by atoms with E-state index in [1.165, 1.54) is 0 Å². The zero-order valence-electron chi connectivity index (χ0n) is 10.5. The maximum Gasteiger partial charge on any atom is 0.129 e. The van der Waals surface area contributed by atoms with Gasteiger partial charge in [-0.05, 0) is 25.5 Å². The summed E-state index contributed by atoms with van der Waals surface area (Å²) in [4.78, 5) is 4.02. The van der Waals surface area contributed by atoms with Crippen LogP contribution >= 0.6 is 11.6 Å². The van der Waals surface area contributed by atoms with Gasteiger partial charge in [0.05, 0.1) is 29.2 Å². The number of allylic oxidation sites excluding steroid dienone is 4. The van der Waals surface area contributed by atoms with E-state index < -0.39 is 0 Å². The molecule has 94 valence electrons. The fraction of sp³-hybridized carbons (Fsp3) is 0.214. The Morgan fingerprint density at radius 3 is 2.16 bits per heavy atom. The highest BCUT2D eigenvalue weighted by atomic mass is 35.5. The smallest absolute Gasteiger partial charge is 0.129 e. The SMILES string of the molecule is CC1=C(C#N)C(c2ccc(Cl)nc2)C(C#N)=C(C)N1. The highest BCUT2D eigenvalue weighted by Crippen LogP contribution is 2.36. The minimum Gasteiger partial charge on any atom is -0.361 e. The largest absolute Gasteiger partial charge is 0.361 e. The Balaban J connectivity index is 2.61. The van der Waals surface area contributed by atoms with Gasteiger partial charge >= 0.3 is 0 Å². The summed E-state index contributed by atoms with van der Waals surface area (Å²) in [5.41, 5.74) is 3.38. The highest BCUT2D eigenvalue weighted by Gasteiger charge is 2.29. The van der Waals surface area contributed by atoms with Gasteiger partial charge < -0.3 is 5.32 Å². The number of halogens is 1. The molecule has 0 fully saturated rings. The standard InChI is InChI=1S/C14H11ClN4/c1-8-11(5-16)14(12(6-17)9(2)19-8)10-3-4-13(15)18-7-10/h3-4,7,14,19H,1-2H3. The molecule has 0 saturated carbocycles. The Labute approximate surface area is 116 Å². The molecule has 1 aromatic rings. The molecular weight excluding hydrogens is 260 g/mol. The van der Waals surface area contributed by atoms with Crippen molar-refractivity contribution in [3.8, 4) is 12.1 Å². The summed E-state index contributed by atoms with van der Waals surface area (Å²) in [6.07, 6.45) is 1.60. The van der Waals surface area contributed by atoms with Crippen molar-refractivity contribution in [2.75, 3.05) is 0 Å². The lowest BCUT2D eigenvalue weighted by atomic mass is 9.82. The van der Waals surface area contributed by atoms with E-state index in [1.807, 2.05) is 13.8 Å². The van der Waals surface area contributed by atoms with Crippen LogP contribution in [0.4, 0.5) is 0 Å². The predicted molar refractivity (Wildman–Crippen MR) is 71.7 cm³/mol. The zero-order chi connectivity index (χ0) is 14.0. The van der Waals surface area contributed by atoms with E-state index in [-0.39, 0.29) is 5.92 Å². The second-order valence-electron chi connectivity index (χ2n) is 4.27. The van der Waals surface area contributed by atoms with E-state index >= 15 is 0 Å². The quantitative estimate of drug-likeness (QED) is 0.796. The number of hydrogen-bond acceptors (Lipinski definition) is 4. The molecule has 1 aliphatic heterocycles. The number of nitriles is 2. The molecule has 2 rings (SSSR count). The second kappa shape index (κ2) is 5.14. The van der Waals surface area contributed by atoms with Crippen LogP contribution in [0.2, 0.25) is 5.15 Å². The fourth-order valence-electron chi connectivity index (χ4n) is 2.18. The Bertz CT molecular complexity index is 620. The van der Waals surface area contributed by atoms with E-state index in [0.29, 0.717) is 16.3 Å². The molecule has 0 bridgehead atoms. The van der Waals surface area contributed by atoms with Gasteiger partial charge in [-0.3, -0.25) is 0 Å². The first-order chi connectivity index (χ1) is 9.08. The monoisotopic (exact) mass is 270 g/mol. The molecule has 0 spiro atoms. The van der Waals surface area contributed by atoms with Gasteiger partial charge in [-0.25, -0.2) is 4.98 Å². The molecule has 0 unspecified atom stereocenters. The van der Waals surface area contributed by atoms with Crippen LogP contribution < -0.4 is 5.32 Å². The molecule has 2 heterocycles. The molecule has 19 heavy (non-hydrogen) atoms. The van der Waals surface area contributed by atoms with Gasteiger partial charge in [0, 0.05) is 17.6 Å². The summed E-state index contributed by atoms with van der Waals surface area (Å²) in [5, 5.41) is 22.1. The minimum atomic E-state index is -0.374. The number of aromatic nitrogens is 1. The normalized spacial score (nSPS) is 15.8. The van der Waals surface area contributed by atoms with Crippen molar-refractivity contribution < 1.29 is 0 Å². The van der Waals surface area contributed by atoms with Crippen LogP contribution in [0.1, 0.15) is 25.3 Å². The van der Waals surface area contributed by atoms with Crippen molar-refractivity contribution in [2.45, 2.75) is 19.8 Å². The van der Waals surface area contributed by atoms with Gasteiger partial charge in [0.2, 0.25) is 0 Å². The van der Waals surface area contributed by atoms with Crippen molar-refractivity contribution in [1.82, 2.24) is 10.3 Å². The van der Waals surface area contributed by atoms with Crippen LogP contribution in [-0.4, -0.2) is 4.98 Å². The summed E-state index contributed by atoms with van der Waals surface area (Å²) in [6.45, 7) is 3.65. The van der Waals surface area contributed by atoms with E-state index in [4.69, 9.17) is 11.6 Å². The third kappa shape index (κ3) is 2.31. The minimum absolute atomic E-state index is 0.374. The predicted octanol–water partition coefficient (Wildman–Crippen LogP) is 3.02. The topological polar surface area (TPSA) is 72.5 Å². The first-order valence-electron chi connectivity index (χ1n) is 5.68. The Morgan fingerprint density at radius 1 is 1.16 bits per heavy atom. The van der Waals surface area contributed by atoms with Crippen LogP contribution in [0, 0.1) is 22.7 Å². The van der Waals surface area contributed by atoms with Crippen LogP contribution in [-0.2, 0) is 0 Å². The fourth-order valence-corrected chi connectivity index (χ4v) is 2.29. The zero-order valence-corrected chi connectivity index (χ0v) is 11.3. The lowest BCUT2D eigenvalue weighted by molar-refractivity contribution is 0.811. The van der Waals surface area contributed by atoms with Crippen LogP contribution in [0.3, 0.4) is 0 Å². The van der Waals surface area contributed by atoms with Crippen LogP contribution in [0.15, 0.2) is 40.9 Å². The van der Waals surface area contributed by atoms with E-state index in [1.54, 1.807) is 18.3 Å². The van der Waals surface area contributed by atoms with Crippen molar-refractivity contribution in [3.63, 3.8) is 0 Å². The van der Waals surface area contributed by atoms with E-state index in [0.717, 1.165) is 17.0 Å². The van der Waals surface area contributed by atoms with Gasteiger partial charge in [-0.15, -0.1) is 0 Å². The summed E-state index contributed by atoms with van der Waals surface area (Å²) >= 11 is 5.77. The highest BCUT2D eigenvalue weighted by molar-refractivity contribution is 6.29. The Morgan fingerprint density at radius 2 is 1.74 bits per heavy atom. The van der Waals surface area contributed by atoms with Gasteiger partial charge in [-0.1, -0.05) is 17.7 Å². The number of nitrogens with zero attached hydrogens (tertiary/aromatic N) is 3. The second-order valence-corrected chi connectivity index (χ2v) is 4.66. The van der Waals surface area contributed by atoms with Crippen molar-refractivity contribution >= 4 is 11.6 Å². The van der Waals surface area contributed by atoms with Crippen LogP contribution in [0.5, 0.6) is 0 Å². The lowest BCUT2D eigenvalue weighted by Gasteiger charge is -2.25. The third-order valence-corrected chi connectivity index (χ3v) is 3.31. The maximum atomic E-state index is 9.32. The molecule has 0 aromatic carbocycles. The Kier molecular flexibility index (Phi) is 3.55. The molecule has 0 atom stereocenters. The van der Waals surface area contributed by atoms with Gasteiger partial charge in [0.1, 0.15) is 5.15 Å². The van der Waals surface area contributed by atoms with Gasteiger partial charge in [0.25, 0.3) is 0 Å². The summed E-state index contributed by atoms with van der Waals surface area (Å²) in [6, 6.07) is 7.80. The number of hydrogen-bond donors (Lipinski definition) is 1. The van der Waals surface area contributed by atoms with Crippen molar-refractivity contribution in [3.05, 3.63) is 51.6 Å². The molecule has 4 nitrogen and oxygen atoms in total. The number of nitrogens with one attached hydrogen (secondary N) is 1. The first-order valence-corrected chi connectivity index (χ1v) is 6.06. The molecule has 1 N–H and O–H groups in total. The molecule has 1 aliphatic rings. The number of rotatable bonds is 1. The third-order valence-electron chi connectivity index (χ3n) is 3.08. The molecule has 1 aromatic heterocycles. The molecule has 0 aliphatic carbocycles. The molecule has 0 saturated heterocycles.